The molecule has 2 aromatic carbocycles. The van der Waals surface area contributed by atoms with Gasteiger partial charge in [0.1, 0.15) is 18.2 Å². The minimum atomic E-state index is -0.372. The lowest BCUT2D eigenvalue weighted by molar-refractivity contribution is -0.145. The van der Waals surface area contributed by atoms with Crippen molar-refractivity contribution in [1.82, 2.24) is 4.98 Å². The Morgan fingerprint density at radius 2 is 2.00 bits per heavy atom. The van der Waals surface area contributed by atoms with Crippen LogP contribution in [0.4, 0.5) is 4.39 Å². The molecule has 134 valence electrons. The van der Waals surface area contributed by atoms with E-state index in [2.05, 4.69) is 4.98 Å². The fraction of sp³-hybridized carbons (Fsp3) is 0.238. The SMILES string of the molecule is Cc1ccc(C)c(OCCC(=O)OCc2ccc(F)c3cccnc23)c1. The van der Waals surface area contributed by atoms with Crippen LogP contribution in [-0.2, 0) is 16.1 Å². The predicted molar refractivity (Wildman–Crippen MR) is 97.5 cm³/mol. The lowest BCUT2D eigenvalue weighted by Gasteiger charge is -2.10. The highest BCUT2D eigenvalue weighted by Gasteiger charge is 2.10. The number of halogens is 1. The molecule has 0 bridgehead atoms. The molecule has 1 aromatic heterocycles. The number of rotatable bonds is 6. The molecule has 0 fully saturated rings. The summed E-state index contributed by atoms with van der Waals surface area (Å²) in [7, 11) is 0. The number of nitrogens with zero attached hydrogens (tertiary/aromatic N) is 1. The van der Waals surface area contributed by atoms with Crippen molar-refractivity contribution < 1.29 is 18.7 Å². The molecule has 0 saturated heterocycles. The van der Waals surface area contributed by atoms with Gasteiger partial charge in [0.25, 0.3) is 0 Å². The molecule has 0 aliphatic heterocycles. The van der Waals surface area contributed by atoms with Gasteiger partial charge in [-0.25, -0.2) is 4.39 Å². The second-order valence-electron chi connectivity index (χ2n) is 6.13. The minimum absolute atomic E-state index is 0.0517. The van der Waals surface area contributed by atoms with Crippen molar-refractivity contribution in [3.05, 3.63) is 71.2 Å². The highest BCUT2D eigenvalue weighted by Crippen LogP contribution is 2.21. The van der Waals surface area contributed by atoms with Gasteiger partial charge in [0.2, 0.25) is 0 Å². The van der Waals surface area contributed by atoms with Gasteiger partial charge < -0.3 is 9.47 Å². The highest BCUT2D eigenvalue weighted by atomic mass is 19.1. The van der Waals surface area contributed by atoms with Crippen LogP contribution >= 0.6 is 0 Å². The monoisotopic (exact) mass is 353 g/mol. The van der Waals surface area contributed by atoms with E-state index in [0.717, 1.165) is 16.9 Å². The van der Waals surface area contributed by atoms with Gasteiger partial charge in [-0.1, -0.05) is 18.2 Å². The van der Waals surface area contributed by atoms with Crippen molar-refractivity contribution in [2.45, 2.75) is 26.9 Å². The summed E-state index contributed by atoms with van der Waals surface area (Å²) >= 11 is 0. The zero-order valence-corrected chi connectivity index (χ0v) is 14.8. The molecule has 0 saturated carbocycles. The molecule has 0 radical (unpaired) electrons. The minimum Gasteiger partial charge on any atom is -0.493 e. The van der Waals surface area contributed by atoms with Crippen LogP contribution in [0.1, 0.15) is 23.1 Å². The van der Waals surface area contributed by atoms with E-state index in [1.807, 2.05) is 32.0 Å². The van der Waals surface area contributed by atoms with Gasteiger partial charge in [-0.3, -0.25) is 9.78 Å². The smallest absolute Gasteiger partial charge is 0.309 e. The largest absolute Gasteiger partial charge is 0.493 e. The molecular weight excluding hydrogens is 333 g/mol. The third-order valence-electron chi connectivity index (χ3n) is 4.10. The molecule has 3 aromatic rings. The highest BCUT2D eigenvalue weighted by molar-refractivity contribution is 5.82. The first kappa shape index (κ1) is 17.9. The molecule has 4 nitrogen and oxygen atoms in total. The predicted octanol–water partition coefficient (Wildman–Crippen LogP) is 4.50. The second-order valence-corrected chi connectivity index (χ2v) is 6.13. The van der Waals surface area contributed by atoms with Crippen LogP contribution in [0, 0.1) is 19.7 Å². The van der Waals surface area contributed by atoms with Gasteiger partial charge in [-0.2, -0.15) is 0 Å². The van der Waals surface area contributed by atoms with Crippen LogP contribution in [0.5, 0.6) is 5.75 Å². The van der Waals surface area contributed by atoms with Crippen molar-refractivity contribution in [2.24, 2.45) is 0 Å². The lowest BCUT2D eigenvalue weighted by Crippen LogP contribution is -2.10. The van der Waals surface area contributed by atoms with Crippen LogP contribution < -0.4 is 4.74 Å². The molecule has 0 unspecified atom stereocenters. The first-order chi connectivity index (χ1) is 12.5. The molecule has 26 heavy (non-hydrogen) atoms. The van der Waals surface area contributed by atoms with Gasteiger partial charge in [0.05, 0.1) is 18.5 Å². The molecule has 3 rings (SSSR count). The van der Waals surface area contributed by atoms with Crippen molar-refractivity contribution >= 4 is 16.9 Å². The quantitative estimate of drug-likeness (QED) is 0.612. The summed E-state index contributed by atoms with van der Waals surface area (Å²) in [5.74, 6) is 0.0559. The van der Waals surface area contributed by atoms with Crippen molar-refractivity contribution in [2.75, 3.05) is 6.61 Å². The number of carbonyl (C=O) groups is 1. The maximum atomic E-state index is 13.8. The van der Waals surface area contributed by atoms with E-state index in [1.54, 1.807) is 24.4 Å². The number of pyridine rings is 1. The summed E-state index contributed by atoms with van der Waals surface area (Å²) in [5, 5.41) is 0.416. The fourth-order valence-corrected chi connectivity index (χ4v) is 2.65. The average Bonchev–Trinajstić information content (AvgIpc) is 2.64. The maximum absolute atomic E-state index is 13.8. The van der Waals surface area contributed by atoms with E-state index in [1.165, 1.54) is 6.07 Å². The Hall–Kier alpha value is -2.95. The summed E-state index contributed by atoms with van der Waals surface area (Å²) in [6.07, 6.45) is 1.73. The Kier molecular flexibility index (Phi) is 5.46. The number of aryl methyl sites for hydroxylation is 2. The zero-order chi connectivity index (χ0) is 18.5. The molecule has 0 spiro atoms. The zero-order valence-electron chi connectivity index (χ0n) is 14.8. The average molecular weight is 353 g/mol. The van der Waals surface area contributed by atoms with E-state index in [4.69, 9.17) is 9.47 Å². The van der Waals surface area contributed by atoms with Crippen molar-refractivity contribution in [3.8, 4) is 5.75 Å². The first-order valence-electron chi connectivity index (χ1n) is 8.42. The van der Waals surface area contributed by atoms with Crippen LogP contribution in [0.3, 0.4) is 0 Å². The topological polar surface area (TPSA) is 48.4 Å². The molecule has 0 aliphatic carbocycles. The number of aromatic nitrogens is 1. The number of hydrogen-bond acceptors (Lipinski definition) is 4. The van der Waals surface area contributed by atoms with Gasteiger partial charge in [0.15, 0.2) is 0 Å². The van der Waals surface area contributed by atoms with Gasteiger partial charge in [0, 0.05) is 17.1 Å². The molecular formula is C21H20FNO3. The first-order valence-corrected chi connectivity index (χ1v) is 8.42. The van der Waals surface area contributed by atoms with Gasteiger partial charge >= 0.3 is 5.97 Å². The summed E-state index contributed by atoms with van der Waals surface area (Å²) < 4.78 is 24.7. The summed E-state index contributed by atoms with van der Waals surface area (Å²) in [6.45, 7) is 4.24. The standard InChI is InChI=1S/C21H20FNO3/c1-14-5-6-15(2)19(12-14)25-11-9-20(24)26-13-16-7-8-18(22)17-4-3-10-23-21(16)17/h3-8,10,12H,9,11,13H2,1-2H3. The fourth-order valence-electron chi connectivity index (χ4n) is 2.65. The molecule has 5 heteroatoms. The Morgan fingerprint density at radius 1 is 1.15 bits per heavy atom. The van der Waals surface area contributed by atoms with E-state index in [9.17, 15) is 9.18 Å². The van der Waals surface area contributed by atoms with Crippen LogP contribution in [0.2, 0.25) is 0 Å². The Labute approximate surface area is 151 Å². The van der Waals surface area contributed by atoms with E-state index in [0.29, 0.717) is 16.5 Å². The van der Waals surface area contributed by atoms with E-state index >= 15 is 0 Å². The van der Waals surface area contributed by atoms with Gasteiger partial charge in [-0.05, 0) is 49.2 Å². The van der Waals surface area contributed by atoms with E-state index < -0.39 is 0 Å². The van der Waals surface area contributed by atoms with E-state index in [-0.39, 0.29) is 31.4 Å². The normalized spacial score (nSPS) is 10.7. The lowest BCUT2D eigenvalue weighted by atomic mass is 10.1. The number of benzene rings is 2. The maximum Gasteiger partial charge on any atom is 0.309 e. The molecule has 1 heterocycles. The van der Waals surface area contributed by atoms with Crippen LogP contribution in [0.15, 0.2) is 48.7 Å². The molecule has 0 N–H and O–H groups in total. The van der Waals surface area contributed by atoms with Crippen LogP contribution in [0.25, 0.3) is 10.9 Å². The Balaban J connectivity index is 1.55. The summed E-state index contributed by atoms with van der Waals surface area (Å²) in [5.41, 5.74) is 3.30. The number of carbonyl (C=O) groups excluding carboxylic acids is 1. The summed E-state index contributed by atoms with van der Waals surface area (Å²) in [4.78, 5) is 16.1. The number of ether oxygens (including phenoxy) is 2. The third-order valence-corrected chi connectivity index (χ3v) is 4.10. The summed E-state index contributed by atoms with van der Waals surface area (Å²) in [6, 6.07) is 12.2. The van der Waals surface area contributed by atoms with Crippen molar-refractivity contribution in [1.29, 1.82) is 0 Å². The number of hydrogen-bond donors (Lipinski definition) is 0. The van der Waals surface area contributed by atoms with Crippen LogP contribution in [-0.4, -0.2) is 17.6 Å². The van der Waals surface area contributed by atoms with Crippen molar-refractivity contribution in [3.63, 3.8) is 0 Å². The molecule has 0 atom stereocenters. The molecule has 0 amide bonds. The Bertz CT molecular complexity index is 940. The number of esters is 1. The Morgan fingerprint density at radius 3 is 2.85 bits per heavy atom. The second kappa shape index (κ2) is 7.95. The van der Waals surface area contributed by atoms with Gasteiger partial charge in [-0.15, -0.1) is 0 Å². The molecule has 0 aliphatic rings. The third kappa shape index (κ3) is 4.17. The number of fused-ring (bicyclic) bond motifs is 1.